The Balaban J connectivity index is 2.41. The molecule has 1 aromatic heterocycles. The number of ketones is 1. The fourth-order valence-corrected chi connectivity index (χ4v) is 2.05. The second kappa shape index (κ2) is 3.82. The van der Waals surface area contributed by atoms with E-state index in [4.69, 9.17) is 0 Å². The number of benzene rings is 1. The highest BCUT2D eigenvalue weighted by Crippen LogP contribution is 2.11. The third-order valence-electron chi connectivity index (χ3n) is 2.06. The third kappa shape index (κ3) is 1.89. The van der Waals surface area contributed by atoms with Crippen LogP contribution < -0.4 is 5.56 Å². The van der Waals surface area contributed by atoms with Gasteiger partial charge in [0.1, 0.15) is 0 Å². The Morgan fingerprint density at radius 2 is 1.93 bits per heavy atom. The summed E-state index contributed by atoms with van der Waals surface area (Å²) in [4.78, 5) is 23.5. The maximum atomic E-state index is 11.9. The first kappa shape index (κ1) is 9.86. The third-order valence-corrected chi connectivity index (χ3v) is 3.01. The van der Waals surface area contributed by atoms with Gasteiger partial charge in [0.15, 0.2) is 0 Å². The average Bonchev–Trinajstić information content (AvgIpc) is 2.59. The molecule has 0 aliphatic rings. The van der Waals surface area contributed by atoms with Gasteiger partial charge in [-0.1, -0.05) is 41.9 Å². The Labute approximate surface area is 90.8 Å². The smallest absolute Gasteiger partial charge is 0.261 e. The topological polar surface area (TPSA) is 39.1 Å². The first-order valence-electron chi connectivity index (χ1n) is 4.45. The van der Waals surface area contributed by atoms with E-state index < -0.39 is 0 Å². The van der Waals surface area contributed by atoms with E-state index in [0.29, 0.717) is 10.4 Å². The van der Waals surface area contributed by atoms with Crippen LogP contribution in [0.5, 0.6) is 0 Å². The Bertz CT molecular complexity index is 539. The van der Waals surface area contributed by atoms with Crippen LogP contribution in [0.4, 0.5) is 0 Å². The maximum Gasteiger partial charge on any atom is 0.261 e. The van der Waals surface area contributed by atoms with E-state index in [0.717, 1.165) is 0 Å². The van der Waals surface area contributed by atoms with Crippen molar-refractivity contribution in [1.29, 1.82) is 0 Å². The highest BCUT2D eigenvalue weighted by atomic mass is 32.1. The second-order valence-corrected chi connectivity index (χ2v) is 4.30. The van der Waals surface area contributed by atoms with Crippen LogP contribution >= 0.6 is 11.5 Å². The molecule has 2 rings (SSSR count). The van der Waals surface area contributed by atoms with Crippen LogP contribution in [-0.2, 0) is 7.05 Å². The summed E-state index contributed by atoms with van der Waals surface area (Å²) in [5.41, 5.74) is 0.471. The zero-order valence-electron chi connectivity index (χ0n) is 8.14. The van der Waals surface area contributed by atoms with Crippen molar-refractivity contribution in [2.24, 2.45) is 7.05 Å². The molecule has 4 heteroatoms. The van der Waals surface area contributed by atoms with E-state index in [2.05, 4.69) is 0 Å². The van der Waals surface area contributed by atoms with Gasteiger partial charge >= 0.3 is 0 Å². The van der Waals surface area contributed by atoms with Crippen LogP contribution in [0, 0.1) is 0 Å². The molecule has 3 nitrogen and oxygen atoms in total. The van der Waals surface area contributed by atoms with Crippen LogP contribution in [-0.4, -0.2) is 9.74 Å². The molecule has 0 amide bonds. The van der Waals surface area contributed by atoms with Crippen molar-refractivity contribution in [1.82, 2.24) is 3.96 Å². The second-order valence-electron chi connectivity index (χ2n) is 3.13. The van der Waals surface area contributed by atoms with Gasteiger partial charge in [-0.25, -0.2) is 0 Å². The molecule has 0 aliphatic carbocycles. The highest BCUT2D eigenvalue weighted by molar-refractivity contribution is 7.08. The van der Waals surface area contributed by atoms with Crippen molar-refractivity contribution in [3.63, 3.8) is 0 Å². The summed E-state index contributed by atoms with van der Waals surface area (Å²) in [6.45, 7) is 0. The Kier molecular flexibility index (Phi) is 2.51. The van der Waals surface area contributed by atoms with Gasteiger partial charge in [0.25, 0.3) is 5.56 Å². The van der Waals surface area contributed by atoms with E-state index in [1.807, 2.05) is 6.07 Å². The van der Waals surface area contributed by atoms with Gasteiger partial charge in [0.2, 0.25) is 5.78 Å². The molecule has 1 heterocycles. The fourth-order valence-electron chi connectivity index (χ4n) is 1.26. The van der Waals surface area contributed by atoms with E-state index in [1.54, 1.807) is 31.3 Å². The van der Waals surface area contributed by atoms with Gasteiger partial charge in [-0.05, 0) is 0 Å². The monoisotopic (exact) mass is 219 g/mol. The quantitative estimate of drug-likeness (QED) is 0.721. The molecular weight excluding hydrogens is 210 g/mol. The standard InChI is InChI=1S/C11H9NO2S/c1-12-10(13)7-9(15-12)11(14)8-5-3-2-4-6-8/h2-7H,1H3. The molecule has 0 atom stereocenters. The Hall–Kier alpha value is -1.68. The summed E-state index contributed by atoms with van der Waals surface area (Å²) in [7, 11) is 1.65. The molecule has 15 heavy (non-hydrogen) atoms. The van der Waals surface area contributed by atoms with Gasteiger partial charge in [-0.2, -0.15) is 0 Å². The number of aryl methyl sites for hydroxylation is 1. The first-order valence-corrected chi connectivity index (χ1v) is 5.23. The molecule has 0 radical (unpaired) electrons. The minimum absolute atomic E-state index is 0.0988. The molecule has 2 aromatic rings. The Morgan fingerprint density at radius 3 is 2.47 bits per heavy atom. The predicted molar refractivity (Wildman–Crippen MR) is 59.4 cm³/mol. The summed E-state index contributed by atoms with van der Waals surface area (Å²) in [5.74, 6) is -0.0988. The van der Waals surface area contributed by atoms with Crippen LogP contribution in [0.15, 0.2) is 41.2 Å². The zero-order chi connectivity index (χ0) is 10.8. The number of aromatic nitrogens is 1. The molecule has 0 aliphatic heterocycles. The summed E-state index contributed by atoms with van der Waals surface area (Å²) >= 11 is 1.17. The Morgan fingerprint density at radius 1 is 1.27 bits per heavy atom. The lowest BCUT2D eigenvalue weighted by Gasteiger charge is -1.95. The number of carbonyl (C=O) groups is 1. The zero-order valence-corrected chi connectivity index (χ0v) is 8.95. The molecule has 0 fully saturated rings. The normalized spacial score (nSPS) is 10.2. The number of hydrogen-bond acceptors (Lipinski definition) is 3. The molecule has 0 spiro atoms. The van der Waals surface area contributed by atoms with Gasteiger partial charge in [0, 0.05) is 18.7 Å². The van der Waals surface area contributed by atoms with Gasteiger partial charge < -0.3 is 0 Å². The van der Waals surface area contributed by atoms with Crippen molar-refractivity contribution in [3.05, 3.63) is 57.2 Å². The van der Waals surface area contributed by atoms with E-state index >= 15 is 0 Å². The van der Waals surface area contributed by atoms with Crippen molar-refractivity contribution in [2.75, 3.05) is 0 Å². The average molecular weight is 219 g/mol. The summed E-state index contributed by atoms with van der Waals surface area (Å²) in [6, 6.07) is 10.3. The summed E-state index contributed by atoms with van der Waals surface area (Å²) < 4.78 is 1.44. The molecule has 0 saturated heterocycles. The number of nitrogens with zero attached hydrogens (tertiary/aromatic N) is 1. The first-order chi connectivity index (χ1) is 7.18. The minimum Gasteiger partial charge on any atom is -0.288 e. The SMILES string of the molecule is Cn1sc(C(=O)c2ccccc2)cc1=O. The lowest BCUT2D eigenvalue weighted by atomic mass is 10.1. The fraction of sp³-hybridized carbons (Fsp3) is 0.0909. The molecule has 0 unspecified atom stereocenters. The molecule has 0 bridgehead atoms. The molecular formula is C11H9NO2S. The minimum atomic E-state index is -0.140. The molecule has 76 valence electrons. The van der Waals surface area contributed by atoms with E-state index in [-0.39, 0.29) is 11.3 Å². The van der Waals surface area contributed by atoms with Gasteiger partial charge in [-0.15, -0.1) is 0 Å². The van der Waals surface area contributed by atoms with Crippen LogP contribution in [0.25, 0.3) is 0 Å². The molecule has 0 N–H and O–H groups in total. The predicted octanol–water partition coefficient (Wildman–Crippen LogP) is 1.68. The van der Waals surface area contributed by atoms with Crippen molar-refractivity contribution in [3.8, 4) is 0 Å². The number of hydrogen-bond donors (Lipinski definition) is 0. The van der Waals surface area contributed by atoms with Gasteiger partial charge in [-0.3, -0.25) is 13.5 Å². The van der Waals surface area contributed by atoms with Crippen molar-refractivity contribution in [2.45, 2.75) is 0 Å². The maximum absolute atomic E-state index is 11.9. The lowest BCUT2D eigenvalue weighted by Crippen LogP contribution is -2.06. The van der Waals surface area contributed by atoms with Crippen LogP contribution in [0.2, 0.25) is 0 Å². The number of carbonyl (C=O) groups excluding carboxylic acids is 1. The molecule has 0 saturated carbocycles. The highest BCUT2D eigenvalue weighted by Gasteiger charge is 2.12. The summed E-state index contributed by atoms with van der Waals surface area (Å²) in [6.07, 6.45) is 0. The lowest BCUT2D eigenvalue weighted by molar-refractivity contribution is 0.104. The van der Waals surface area contributed by atoms with E-state index in [9.17, 15) is 9.59 Å². The van der Waals surface area contributed by atoms with Crippen molar-refractivity contribution < 1.29 is 4.79 Å². The van der Waals surface area contributed by atoms with E-state index in [1.165, 1.54) is 21.6 Å². The van der Waals surface area contributed by atoms with Gasteiger partial charge in [0.05, 0.1) is 4.88 Å². The molecule has 1 aromatic carbocycles. The van der Waals surface area contributed by atoms with Crippen LogP contribution in [0.3, 0.4) is 0 Å². The largest absolute Gasteiger partial charge is 0.288 e. The van der Waals surface area contributed by atoms with Crippen molar-refractivity contribution >= 4 is 17.3 Å². The summed E-state index contributed by atoms with van der Waals surface area (Å²) in [5, 5.41) is 0. The van der Waals surface area contributed by atoms with Crippen LogP contribution in [0.1, 0.15) is 15.2 Å². The number of rotatable bonds is 2.